The first-order valence-electron chi connectivity index (χ1n) is 16.7. The van der Waals surface area contributed by atoms with Crippen molar-refractivity contribution < 1.29 is 42.8 Å². The number of benzene rings is 3. The van der Waals surface area contributed by atoms with E-state index >= 15 is 0 Å². The lowest BCUT2D eigenvalue weighted by molar-refractivity contribution is -0.147. The van der Waals surface area contributed by atoms with Crippen LogP contribution in [0.1, 0.15) is 48.0 Å². The molecule has 1 unspecified atom stereocenters. The third-order valence-corrected chi connectivity index (χ3v) is 9.18. The van der Waals surface area contributed by atoms with Crippen molar-refractivity contribution in [3.8, 4) is 34.5 Å². The lowest BCUT2D eigenvalue weighted by atomic mass is 9.89. The molecule has 0 aromatic heterocycles. The number of methoxy groups -OCH3 is 2. The molecule has 3 amide bonds. The molecule has 8 aliphatic rings. The molecule has 0 radical (unpaired) electrons. The fraction of sp³-hybridized carbons (Fsp3) is 0.432. The molecule has 1 spiro atoms. The summed E-state index contributed by atoms with van der Waals surface area (Å²) < 4.78 is 35.2. The van der Waals surface area contributed by atoms with Crippen LogP contribution < -0.4 is 34.3 Å². The normalized spacial score (nSPS) is 19.6. The molecule has 0 saturated carbocycles. The average molecular weight is 674 g/mol. The van der Waals surface area contributed by atoms with E-state index in [1.807, 2.05) is 11.0 Å². The zero-order valence-corrected chi connectivity index (χ0v) is 28.0. The van der Waals surface area contributed by atoms with Crippen molar-refractivity contribution in [1.82, 2.24) is 15.5 Å². The lowest BCUT2D eigenvalue weighted by Gasteiger charge is -2.41. The number of ether oxygens (including phenoxy) is 6. The van der Waals surface area contributed by atoms with Gasteiger partial charge in [-0.25, -0.2) is 0 Å². The van der Waals surface area contributed by atoms with Gasteiger partial charge >= 0.3 is 0 Å². The van der Waals surface area contributed by atoms with Crippen LogP contribution in [0.2, 0.25) is 0 Å². The summed E-state index contributed by atoms with van der Waals surface area (Å²) in [6.45, 7) is 2.89. The van der Waals surface area contributed by atoms with Gasteiger partial charge in [0, 0.05) is 57.7 Å². The largest absolute Gasteiger partial charge is 0.493 e. The Balaban J connectivity index is 1.23. The third-order valence-electron chi connectivity index (χ3n) is 9.18. The number of nitrogens with one attached hydrogen (secondary N) is 2. The fourth-order valence-electron chi connectivity index (χ4n) is 6.36. The van der Waals surface area contributed by atoms with E-state index < -0.39 is 5.60 Å². The quantitative estimate of drug-likeness (QED) is 0.411. The van der Waals surface area contributed by atoms with E-state index in [-0.39, 0.29) is 43.3 Å². The van der Waals surface area contributed by atoms with Gasteiger partial charge in [-0.15, -0.1) is 0 Å². The van der Waals surface area contributed by atoms with E-state index in [1.165, 1.54) is 14.2 Å². The maximum atomic E-state index is 14.0. The van der Waals surface area contributed by atoms with Gasteiger partial charge in [0.25, 0.3) is 11.8 Å². The topological polar surface area (TPSA) is 134 Å². The van der Waals surface area contributed by atoms with E-state index in [0.717, 1.165) is 25.0 Å². The molecular weight excluding hydrogens is 630 g/mol. The van der Waals surface area contributed by atoms with Gasteiger partial charge in [-0.05, 0) is 78.9 Å². The Bertz CT molecular complexity index is 1630. The molecule has 1 atom stereocenters. The van der Waals surface area contributed by atoms with E-state index in [1.54, 1.807) is 54.6 Å². The van der Waals surface area contributed by atoms with Gasteiger partial charge < -0.3 is 44.0 Å². The molecule has 260 valence electrons. The molecule has 8 aliphatic heterocycles. The van der Waals surface area contributed by atoms with Crippen molar-refractivity contribution in [2.75, 3.05) is 53.7 Å². The number of carbonyl (C=O) groups is 3. The molecule has 0 aliphatic carbocycles. The van der Waals surface area contributed by atoms with Crippen LogP contribution >= 0.6 is 0 Å². The Hall–Kier alpha value is -4.97. The van der Waals surface area contributed by atoms with Crippen LogP contribution in [0.15, 0.2) is 60.7 Å². The second-order valence-electron chi connectivity index (χ2n) is 12.5. The van der Waals surface area contributed by atoms with Crippen LogP contribution in [0.4, 0.5) is 0 Å². The lowest BCUT2D eigenvalue weighted by Crippen LogP contribution is -2.58. The van der Waals surface area contributed by atoms with Crippen LogP contribution in [-0.2, 0) is 20.9 Å². The maximum Gasteiger partial charge on any atom is 0.264 e. The van der Waals surface area contributed by atoms with Gasteiger partial charge in [0.2, 0.25) is 5.91 Å². The Labute approximate surface area is 285 Å². The van der Waals surface area contributed by atoms with E-state index in [4.69, 9.17) is 28.4 Å². The molecule has 2 saturated heterocycles. The molecule has 11 rings (SSSR count). The summed E-state index contributed by atoms with van der Waals surface area (Å²) in [4.78, 5) is 41.9. The van der Waals surface area contributed by atoms with Crippen molar-refractivity contribution in [2.24, 2.45) is 5.92 Å². The molecule has 8 heterocycles. The fourth-order valence-corrected chi connectivity index (χ4v) is 6.36. The summed E-state index contributed by atoms with van der Waals surface area (Å²) in [5.41, 5.74) is 0.00136. The molecule has 2 N–H and O–H groups in total. The van der Waals surface area contributed by atoms with Gasteiger partial charge in [-0.3, -0.25) is 14.4 Å². The van der Waals surface area contributed by atoms with Gasteiger partial charge in [-0.1, -0.05) is 6.07 Å². The molecule has 12 nitrogen and oxygen atoms in total. The van der Waals surface area contributed by atoms with Gasteiger partial charge in [-0.2, -0.15) is 0 Å². The first-order chi connectivity index (χ1) is 23.9. The van der Waals surface area contributed by atoms with Gasteiger partial charge in [0.05, 0.1) is 20.8 Å². The maximum absolute atomic E-state index is 14.0. The Morgan fingerprint density at radius 2 is 1.61 bits per heavy atom. The van der Waals surface area contributed by atoms with Crippen LogP contribution in [0.3, 0.4) is 0 Å². The molecule has 3 aromatic rings. The molecule has 6 bridgehead atoms. The molecule has 2 fully saturated rings. The minimum atomic E-state index is -1.19. The number of amides is 3. The van der Waals surface area contributed by atoms with Crippen molar-refractivity contribution in [3.05, 3.63) is 71.8 Å². The third kappa shape index (κ3) is 8.19. The number of rotatable bonds is 4. The first-order valence-corrected chi connectivity index (χ1v) is 16.7. The predicted molar refractivity (Wildman–Crippen MR) is 180 cm³/mol. The van der Waals surface area contributed by atoms with E-state index in [2.05, 4.69) is 10.6 Å². The summed E-state index contributed by atoms with van der Waals surface area (Å²) in [6, 6.07) is 17.4. The Morgan fingerprint density at radius 1 is 0.898 bits per heavy atom. The smallest absolute Gasteiger partial charge is 0.264 e. The van der Waals surface area contributed by atoms with Crippen LogP contribution in [0.25, 0.3) is 0 Å². The zero-order chi connectivity index (χ0) is 34.2. The van der Waals surface area contributed by atoms with Crippen molar-refractivity contribution in [3.63, 3.8) is 0 Å². The van der Waals surface area contributed by atoms with E-state index in [9.17, 15) is 14.4 Å². The predicted octanol–water partition coefficient (Wildman–Crippen LogP) is 4.49. The van der Waals surface area contributed by atoms with Crippen molar-refractivity contribution >= 4 is 17.7 Å². The second kappa shape index (κ2) is 15.5. The molecular formula is C37H43N3O9. The van der Waals surface area contributed by atoms with Crippen molar-refractivity contribution in [2.45, 2.75) is 44.2 Å². The summed E-state index contributed by atoms with van der Waals surface area (Å²) in [5, 5.41) is 5.93. The summed E-state index contributed by atoms with van der Waals surface area (Å²) in [6.07, 6.45) is 3.08. The minimum absolute atomic E-state index is 0.0838. The molecule has 3 aromatic carbocycles. The SMILES string of the molecule is COc1cc2ccc1Oc1ccc(cc1OC)C(=O)NCCOc1ccc(cc1)OC1(CCN(C(=O)CC3CCCOC3)CC1)C(=O)NC2. The number of nitrogens with zero attached hydrogens (tertiary/aromatic N) is 1. The highest BCUT2D eigenvalue weighted by Crippen LogP contribution is 2.38. The average Bonchev–Trinajstić information content (AvgIpc) is 3.13. The van der Waals surface area contributed by atoms with Crippen LogP contribution in [0.5, 0.6) is 34.5 Å². The summed E-state index contributed by atoms with van der Waals surface area (Å²) in [7, 11) is 3.04. The monoisotopic (exact) mass is 673 g/mol. The standard InChI is InChI=1S/C37H43N3O9/c1-44-32-20-25-5-11-30(32)48-31-12-6-27(22-33(31)45-2)35(42)38-15-19-47-28-7-9-29(10-8-28)49-37(36(43)39-23-25)13-16-40(17-14-37)34(41)21-26-4-3-18-46-24-26/h5-12,20,22,26H,3-4,13-19,21,23-24H2,1-2H3,(H,38,42)(H,39,43). The van der Waals surface area contributed by atoms with Gasteiger partial charge in [0.1, 0.15) is 18.1 Å². The number of hydrogen-bond donors (Lipinski definition) is 2. The number of hydrogen-bond acceptors (Lipinski definition) is 9. The first kappa shape index (κ1) is 33.9. The van der Waals surface area contributed by atoms with Crippen molar-refractivity contribution in [1.29, 1.82) is 0 Å². The Morgan fingerprint density at radius 3 is 2.33 bits per heavy atom. The van der Waals surface area contributed by atoms with Gasteiger partial charge in [0.15, 0.2) is 28.6 Å². The highest BCUT2D eigenvalue weighted by molar-refractivity contribution is 5.95. The summed E-state index contributed by atoms with van der Waals surface area (Å²) >= 11 is 0. The number of carbonyl (C=O) groups excluding carboxylic acids is 3. The highest BCUT2D eigenvalue weighted by Gasteiger charge is 2.45. The molecule has 49 heavy (non-hydrogen) atoms. The van der Waals surface area contributed by atoms with Crippen LogP contribution in [-0.4, -0.2) is 81.9 Å². The minimum Gasteiger partial charge on any atom is -0.493 e. The van der Waals surface area contributed by atoms with E-state index in [0.29, 0.717) is 79.0 Å². The van der Waals surface area contributed by atoms with Crippen LogP contribution in [0, 0.1) is 5.92 Å². The number of likely N-dealkylation sites (tertiary alicyclic amines) is 1. The summed E-state index contributed by atoms with van der Waals surface area (Å²) in [5.74, 6) is 2.53. The zero-order valence-electron chi connectivity index (χ0n) is 28.0. The Kier molecular flexibility index (Phi) is 10.7. The number of piperidine rings is 1. The highest BCUT2D eigenvalue weighted by atomic mass is 16.5. The molecule has 12 heteroatoms. The second-order valence-corrected chi connectivity index (χ2v) is 12.5.